The molecular weight excluding hydrogens is 397 g/mol. The maximum atomic E-state index is 13.2. The van der Waals surface area contributed by atoms with E-state index in [0.29, 0.717) is 18.6 Å². The Balaban J connectivity index is 2.59. The summed E-state index contributed by atoms with van der Waals surface area (Å²) in [6.45, 7) is 8.41. The maximum absolute atomic E-state index is 13.2. The van der Waals surface area contributed by atoms with Crippen molar-refractivity contribution in [2.45, 2.75) is 53.2 Å². The van der Waals surface area contributed by atoms with E-state index in [0.717, 1.165) is 11.0 Å². The van der Waals surface area contributed by atoms with Gasteiger partial charge in [0.2, 0.25) is 11.8 Å². The number of aromatic nitrogens is 3. The molecule has 0 radical (unpaired) electrons. The number of pyridine rings is 1. The number of halogens is 1. The highest BCUT2D eigenvalue weighted by Gasteiger charge is 2.33. The number of nitro groups is 1. The lowest BCUT2D eigenvalue weighted by molar-refractivity contribution is -0.385. The monoisotopic (exact) mass is 421 g/mol. The molecule has 0 bridgehead atoms. The van der Waals surface area contributed by atoms with Gasteiger partial charge >= 0.3 is 17.8 Å². The van der Waals surface area contributed by atoms with Gasteiger partial charge in [0.05, 0.1) is 18.1 Å². The van der Waals surface area contributed by atoms with E-state index in [2.05, 4.69) is 15.0 Å². The predicted molar refractivity (Wildman–Crippen MR) is 106 cm³/mol. The Bertz CT molecular complexity index is 915. The lowest BCUT2D eigenvalue weighted by Crippen LogP contribution is -2.37. The molecule has 0 saturated heterocycles. The fraction of sp³-hybridized carbons (Fsp3) is 0.474. The number of anilines is 1. The number of carbonyl (C=O) groups excluding carboxylic acids is 1. The van der Waals surface area contributed by atoms with Crippen LogP contribution in [-0.4, -0.2) is 38.2 Å². The van der Waals surface area contributed by atoms with E-state index in [9.17, 15) is 19.3 Å². The number of hydrogen-bond acceptors (Lipinski definition) is 8. The average Bonchev–Trinajstić information content (AvgIpc) is 2.63. The van der Waals surface area contributed by atoms with Crippen LogP contribution in [0.2, 0.25) is 0 Å². The first-order chi connectivity index (χ1) is 14.0. The van der Waals surface area contributed by atoms with Crippen LogP contribution in [0.1, 0.15) is 45.4 Å². The van der Waals surface area contributed by atoms with E-state index in [1.807, 2.05) is 6.92 Å². The van der Waals surface area contributed by atoms with Crippen LogP contribution in [-0.2, 0) is 11.3 Å². The fourth-order valence-corrected chi connectivity index (χ4v) is 2.41. The molecule has 0 N–H and O–H groups in total. The van der Waals surface area contributed by atoms with Crippen molar-refractivity contribution in [2.75, 3.05) is 11.5 Å². The second kappa shape index (κ2) is 9.42. The minimum absolute atomic E-state index is 0.0295. The summed E-state index contributed by atoms with van der Waals surface area (Å²) in [5, 5.41) is 11.7. The van der Waals surface area contributed by atoms with Crippen molar-refractivity contribution in [3.63, 3.8) is 0 Å². The highest BCUT2D eigenvalue weighted by atomic mass is 19.1. The SMILES string of the molecule is CCCOc1nc(C)c([N+](=O)[O-])c(N(Cc2ccc(F)nc2)C(=O)OC(C)(C)C)n1. The van der Waals surface area contributed by atoms with Gasteiger partial charge in [-0.2, -0.15) is 14.4 Å². The Labute approximate surface area is 173 Å². The molecule has 10 nitrogen and oxygen atoms in total. The summed E-state index contributed by atoms with van der Waals surface area (Å²) in [6, 6.07) is 2.44. The Kier molecular flexibility index (Phi) is 7.19. The number of hydrogen-bond donors (Lipinski definition) is 0. The molecule has 2 heterocycles. The summed E-state index contributed by atoms with van der Waals surface area (Å²) in [5.41, 5.74) is -0.875. The third-order valence-corrected chi connectivity index (χ3v) is 3.64. The highest BCUT2D eigenvalue weighted by Crippen LogP contribution is 2.32. The van der Waals surface area contributed by atoms with Crippen LogP contribution < -0.4 is 9.64 Å². The predicted octanol–water partition coefficient (Wildman–Crippen LogP) is 3.96. The van der Waals surface area contributed by atoms with Gasteiger partial charge in [0.15, 0.2) is 0 Å². The maximum Gasteiger partial charge on any atom is 0.416 e. The summed E-state index contributed by atoms with van der Waals surface area (Å²) < 4.78 is 24.0. The van der Waals surface area contributed by atoms with Gasteiger partial charge in [-0.3, -0.25) is 15.0 Å². The minimum Gasteiger partial charge on any atom is -0.463 e. The van der Waals surface area contributed by atoms with E-state index in [-0.39, 0.29) is 24.1 Å². The fourth-order valence-electron chi connectivity index (χ4n) is 2.41. The van der Waals surface area contributed by atoms with Gasteiger partial charge in [-0.15, -0.1) is 0 Å². The number of ether oxygens (including phenoxy) is 2. The van der Waals surface area contributed by atoms with Crippen molar-refractivity contribution >= 4 is 17.6 Å². The van der Waals surface area contributed by atoms with Crippen LogP contribution in [0.3, 0.4) is 0 Å². The normalized spacial score (nSPS) is 11.1. The Hall–Kier alpha value is -3.37. The molecule has 2 aromatic rings. The van der Waals surface area contributed by atoms with Crippen LogP contribution in [0, 0.1) is 23.0 Å². The lowest BCUT2D eigenvalue weighted by Gasteiger charge is -2.27. The van der Waals surface area contributed by atoms with Crippen molar-refractivity contribution in [2.24, 2.45) is 0 Å². The third kappa shape index (κ3) is 6.06. The molecule has 0 unspecified atom stereocenters. The zero-order valence-electron chi connectivity index (χ0n) is 17.5. The summed E-state index contributed by atoms with van der Waals surface area (Å²) >= 11 is 0. The molecule has 0 aliphatic heterocycles. The van der Waals surface area contributed by atoms with Gasteiger partial charge in [-0.1, -0.05) is 13.0 Å². The summed E-state index contributed by atoms with van der Waals surface area (Å²) in [7, 11) is 0. The van der Waals surface area contributed by atoms with Crippen molar-refractivity contribution in [1.82, 2.24) is 15.0 Å². The van der Waals surface area contributed by atoms with E-state index >= 15 is 0 Å². The third-order valence-electron chi connectivity index (χ3n) is 3.64. The number of nitrogens with zero attached hydrogens (tertiary/aromatic N) is 5. The topological polar surface area (TPSA) is 121 Å². The van der Waals surface area contributed by atoms with E-state index in [1.165, 1.54) is 19.2 Å². The van der Waals surface area contributed by atoms with E-state index in [4.69, 9.17) is 9.47 Å². The van der Waals surface area contributed by atoms with Crippen LogP contribution in [0.25, 0.3) is 0 Å². The molecule has 0 aromatic carbocycles. The van der Waals surface area contributed by atoms with Crippen molar-refractivity contribution in [3.8, 4) is 6.01 Å². The molecular formula is C19H24FN5O5. The quantitative estimate of drug-likeness (QED) is 0.374. The van der Waals surface area contributed by atoms with Gasteiger partial charge < -0.3 is 9.47 Å². The van der Waals surface area contributed by atoms with Gasteiger partial charge in [0, 0.05) is 6.20 Å². The first-order valence-corrected chi connectivity index (χ1v) is 9.28. The lowest BCUT2D eigenvalue weighted by atomic mass is 10.2. The van der Waals surface area contributed by atoms with Crippen LogP contribution in [0.4, 0.5) is 20.7 Å². The molecule has 0 spiro atoms. The highest BCUT2D eigenvalue weighted by molar-refractivity contribution is 5.89. The van der Waals surface area contributed by atoms with E-state index < -0.39 is 28.3 Å². The molecule has 11 heteroatoms. The molecule has 2 rings (SSSR count). The molecule has 0 saturated carbocycles. The number of amides is 1. The molecule has 162 valence electrons. The first kappa shape index (κ1) is 22.9. The molecule has 2 aromatic heterocycles. The average molecular weight is 421 g/mol. The molecule has 1 amide bonds. The van der Waals surface area contributed by atoms with Gasteiger partial charge in [-0.25, -0.2) is 9.78 Å². The molecule has 30 heavy (non-hydrogen) atoms. The molecule has 0 aliphatic carbocycles. The molecule has 0 aliphatic rings. The standard InChI is InChI=1S/C19H24FN5O5/c1-6-9-29-17-22-12(2)15(25(27)28)16(23-17)24(18(26)30-19(3,4)5)11-13-7-8-14(20)21-10-13/h7-8,10H,6,9,11H2,1-5H3. The summed E-state index contributed by atoms with van der Waals surface area (Å²) in [6.07, 6.45) is 1.03. The Morgan fingerprint density at radius 1 is 1.30 bits per heavy atom. The molecule has 0 atom stereocenters. The van der Waals surface area contributed by atoms with Crippen molar-refractivity contribution < 1.29 is 23.6 Å². The zero-order chi connectivity index (χ0) is 22.5. The zero-order valence-corrected chi connectivity index (χ0v) is 17.5. The van der Waals surface area contributed by atoms with Crippen LogP contribution in [0.5, 0.6) is 6.01 Å². The van der Waals surface area contributed by atoms with Crippen molar-refractivity contribution in [1.29, 1.82) is 0 Å². The minimum atomic E-state index is -0.866. The number of rotatable bonds is 7. The van der Waals surface area contributed by atoms with Gasteiger partial charge in [-0.05, 0) is 45.7 Å². The second-order valence-corrected chi connectivity index (χ2v) is 7.43. The Morgan fingerprint density at radius 3 is 2.53 bits per heavy atom. The smallest absolute Gasteiger partial charge is 0.416 e. The second-order valence-electron chi connectivity index (χ2n) is 7.43. The summed E-state index contributed by atoms with van der Waals surface area (Å²) in [5.74, 6) is -0.973. The Morgan fingerprint density at radius 2 is 2.00 bits per heavy atom. The first-order valence-electron chi connectivity index (χ1n) is 9.28. The number of carbonyl (C=O) groups is 1. The number of aryl methyl sites for hydroxylation is 1. The largest absolute Gasteiger partial charge is 0.463 e. The van der Waals surface area contributed by atoms with Crippen molar-refractivity contribution in [3.05, 3.63) is 45.6 Å². The molecule has 0 fully saturated rings. The van der Waals surface area contributed by atoms with Gasteiger partial charge in [0.25, 0.3) is 0 Å². The van der Waals surface area contributed by atoms with Gasteiger partial charge in [0.1, 0.15) is 11.3 Å². The summed E-state index contributed by atoms with van der Waals surface area (Å²) in [4.78, 5) is 36.6. The van der Waals surface area contributed by atoms with Crippen LogP contribution >= 0.6 is 0 Å². The van der Waals surface area contributed by atoms with Crippen LogP contribution in [0.15, 0.2) is 18.3 Å². The van der Waals surface area contributed by atoms with E-state index in [1.54, 1.807) is 20.8 Å².